The molecule has 1 aliphatic heterocycles. The van der Waals surface area contributed by atoms with Gasteiger partial charge in [0, 0.05) is 18.3 Å². The van der Waals surface area contributed by atoms with Gasteiger partial charge in [0.25, 0.3) is 0 Å². The van der Waals surface area contributed by atoms with Crippen LogP contribution in [0.2, 0.25) is 0 Å². The Balaban J connectivity index is 1.66. The monoisotopic (exact) mass is 310 g/mol. The van der Waals surface area contributed by atoms with Crippen LogP contribution in [0.3, 0.4) is 0 Å². The minimum Gasteiger partial charge on any atom is -0.299 e. The fourth-order valence-corrected chi connectivity index (χ4v) is 3.89. The Morgan fingerprint density at radius 1 is 1.09 bits per heavy atom. The van der Waals surface area contributed by atoms with E-state index in [9.17, 15) is 4.79 Å². The van der Waals surface area contributed by atoms with Gasteiger partial charge >= 0.3 is 0 Å². The quantitative estimate of drug-likeness (QED) is 0.432. The summed E-state index contributed by atoms with van der Waals surface area (Å²) in [7, 11) is 0. The smallest absolute Gasteiger partial charge is 0.138 e. The summed E-state index contributed by atoms with van der Waals surface area (Å²) in [6.07, 6.45) is 13.2. The van der Waals surface area contributed by atoms with Gasteiger partial charge < -0.3 is 0 Å². The molecule has 2 rings (SSSR count). The third-order valence-corrected chi connectivity index (χ3v) is 5.78. The molecule has 1 saturated carbocycles. The van der Waals surface area contributed by atoms with E-state index in [2.05, 4.69) is 13.8 Å². The Morgan fingerprint density at radius 2 is 1.73 bits per heavy atom. The Hall–Kier alpha value is -0.410. The van der Waals surface area contributed by atoms with Crippen LogP contribution in [0.25, 0.3) is 0 Å². The molecule has 0 N–H and O–H groups in total. The number of fused-ring (bicyclic) bond motifs is 2. The number of ketones is 1. The molecule has 22 heavy (non-hydrogen) atoms. The van der Waals surface area contributed by atoms with Gasteiger partial charge in [0.1, 0.15) is 17.5 Å². The predicted molar refractivity (Wildman–Crippen MR) is 88.5 cm³/mol. The molecule has 3 heteroatoms. The van der Waals surface area contributed by atoms with Crippen LogP contribution in [0.1, 0.15) is 91.4 Å². The highest BCUT2D eigenvalue weighted by molar-refractivity contribution is 5.82. The highest BCUT2D eigenvalue weighted by Crippen LogP contribution is 2.44. The molecule has 0 amide bonds. The molecule has 2 aliphatic rings. The Bertz CT molecular complexity index is 355. The molecule has 2 bridgehead atoms. The molecule has 2 fully saturated rings. The van der Waals surface area contributed by atoms with Crippen molar-refractivity contribution in [1.82, 2.24) is 0 Å². The van der Waals surface area contributed by atoms with Gasteiger partial charge in [-0.15, -0.1) is 0 Å². The first-order valence-corrected chi connectivity index (χ1v) is 9.44. The average molecular weight is 310 g/mol. The van der Waals surface area contributed by atoms with Crippen LogP contribution in [0, 0.1) is 11.8 Å². The van der Waals surface area contributed by atoms with E-state index < -0.39 is 0 Å². The van der Waals surface area contributed by atoms with E-state index in [1.165, 1.54) is 51.4 Å². The molecule has 4 atom stereocenters. The summed E-state index contributed by atoms with van der Waals surface area (Å²) in [5.41, 5.74) is -0.255. The molecule has 128 valence electrons. The highest BCUT2D eigenvalue weighted by atomic mass is 17.2. The summed E-state index contributed by atoms with van der Waals surface area (Å²) in [6.45, 7) is 6.36. The van der Waals surface area contributed by atoms with Gasteiger partial charge in [0.2, 0.25) is 0 Å². The zero-order valence-electron chi connectivity index (χ0n) is 14.7. The van der Waals surface area contributed by atoms with Crippen LogP contribution in [-0.2, 0) is 14.6 Å². The lowest BCUT2D eigenvalue weighted by molar-refractivity contribution is -0.429. The highest BCUT2D eigenvalue weighted by Gasteiger charge is 2.49. The van der Waals surface area contributed by atoms with Gasteiger partial charge in [-0.3, -0.25) is 4.79 Å². The van der Waals surface area contributed by atoms with Crippen LogP contribution in [-0.4, -0.2) is 17.5 Å². The number of hydrogen-bond acceptors (Lipinski definition) is 3. The zero-order chi connectivity index (χ0) is 16.0. The van der Waals surface area contributed by atoms with E-state index in [1.54, 1.807) is 0 Å². The third-order valence-electron chi connectivity index (χ3n) is 5.78. The van der Waals surface area contributed by atoms with E-state index in [4.69, 9.17) is 9.78 Å². The Labute approximate surface area is 136 Å². The lowest BCUT2D eigenvalue weighted by atomic mass is 9.70. The number of unbranched alkanes of at least 4 members (excludes halogenated alkanes) is 7. The molecule has 1 saturated heterocycles. The van der Waals surface area contributed by atoms with Crippen molar-refractivity contribution in [2.24, 2.45) is 11.8 Å². The van der Waals surface area contributed by atoms with Gasteiger partial charge in [0.15, 0.2) is 0 Å². The lowest BCUT2D eigenvalue weighted by Crippen LogP contribution is -2.52. The lowest BCUT2D eigenvalue weighted by Gasteiger charge is -2.47. The van der Waals surface area contributed by atoms with Gasteiger partial charge in [-0.25, -0.2) is 9.78 Å². The standard InChI is InChI=1S/C19H34O3/c1-4-5-6-7-8-9-10-11-12-19(3)16-13-17(20)15(2)18(14-16)21-22-19/h15-16,18H,4-14H2,1-3H3/t15-,16+,18+,19-/m0/s1. The van der Waals surface area contributed by atoms with Gasteiger partial charge in [-0.05, 0) is 19.8 Å². The molecular weight excluding hydrogens is 276 g/mol. The maximum absolute atomic E-state index is 12.1. The SMILES string of the molecule is CCCCCCCCCC[C@]1(C)OO[C@@H]2C[C@H]1CC(=O)[C@@H]2C. The van der Waals surface area contributed by atoms with Crippen molar-refractivity contribution >= 4 is 5.78 Å². The van der Waals surface area contributed by atoms with Crippen LogP contribution >= 0.6 is 0 Å². The van der Waals surface area contributed by atoms with Crippen molar-refractivity contribution in [2.45, 2.75) is 103 Å². The average Bonchev–Trinajstić information content (AvgIpc) is 2.51. The number of carbonyl (C=O) groups excluding carboxylic acids is 1. The summed E-state index contributed by atoms with van der Waals surface area (Å²) >= 11 is 0. The number of rotatable bonds is 9. The van der Waals surface area contributed by atoms with Crippen molar-refractivity contribution in [1.29, 1.82) is 0 Å². The molecule has 0 radical (unpaired) electrons. The molecule has 1 aliphatic carbocycles. The van der Waals surface area contributed by atoms with Crippen molar-refractivity contribution in [3.63, 3.8) is 0 Å². The second kappa shape index (κ2) is 8.44. The normalized spacial score (nSPS) is 34.9. The second-order valence-corrected chi connectivity index (χ2v) is 7.65. The van der Waals surface area contributed by atoms with Crippen molar-refractivity contribution in [3.8, 4) is 0 Å². The number of Topliss-reactive ketones (excluding diaryl/α,β-unsaturated/α-hetero) is 1. The summed E-state index contributed by atoms with van der Waals surface area (Å²) in [5.74, 6) is 0.704. The van der Waals surface area contributed by atoms with Crippen molar-refractivity contribution in [3.05, 3.63) is 0 Å². The fraction of sp³-hybridized carbons (Fsp3) is 0.947. The summed E-state index contributed by atoms with van der Waals surface area (Å²) < 4.78 is 0. The molecule has 0 unspecified atom stereocenters. The van der Waals surface area contributed by atoms with Crippen LogP contribution in [0.5, 0.6) is 0 Å². The van der Waals surface area contributed by atoms with E-state index >= 15 is 0 Å². The summed E-state index contributed by atoms with van der Waals surface area (Å²) in [4.78, 5) is 23.4. The predicted octanol–water partition coefficient (Wildman–Crippen LogP) is 5.22. The molecule has 3 nitrogen and oxygen atoms in total. The van der Waals surface area contributed by atoms with Crippen LogP contribution < -0.4 is 0 Å². The van der Waals surface area contributed by atoms with E-state index in [0.29, 0.717) is 18.1 Å². The van der Waals surface area contributed by atoms with E-state index in [1.807, 2.05) is 6.92 Å². The van der Waals surface area contributed by atoms with E-state index in [-0.39, 0.29) is 17.6 Å². The first kappa shape index (κ1) is 17.9. The van der Waals surface area contributed by atoms with E-state index in [0.717, 1.165) is 12.8 Å². The molecule has 0 spiro atoms. The Kier molecular flexibility index (Phi) is 6.88. The van der Waals surface area contributed by atoms with Crippen molar-refractivity contribution in [2.75, 3.05) is 0 Å². The maximum Gasteiger partial charge on any atom is 0.138 e. The minimum absolute atomic E-state index is 0.00363. The summed E-state index contributed by atoms with van der Waals surface area (Å²) in [5, 5.41) is 0. The molecule has 0 aromatic rings. The molecule has 0 aromatic heterocycles. The van der Waals surface area contributed by atoms with Gasteiger partial charge in [-0.1, -0.05) is 65.2 Å². The Morgan fingerprint density at radius 3 is 2.41 bits per heavy atom. The van der Waals surface area contributed by atoms with Gasteiger partial charge in [-0.2, -0.15) is 0 Å². The minimum atomic E-state index is -0.255. The van der Waals surface area contributed by atoms with Crippen LogP contribution in [0.15, 0.2) is 0 Å². The molecule has 1 heterocycles. The largest absolute Gasteiger partial charge is 0.299 e. The molecule has 0 aromatic carbocycles. The van der Waals surface area contributed by atoms with Crippen LogP contribution in [0.4, 0.5) is 0 Å². The number of hydrogen-bond donors (Lipinski definition) is 0. The number of carbonyl (C=O) groups is 1. The molecular formula is C19H34O3. The zero-order valence-corrected chi connectivity index (χ0v) is 14.7. The first-order chi connectivity index (χ1) is 10.6. The van der Waals surface area contributed by atoms with Gasteiger partial charge in [0.05, 0.1) is 0 Å². The summed E-state index contributed by atoms with van der Waals surface area (Å²) in [6, 6.07) is 0. The third kappa shape index (κ3) is 4.55. The second-order valence-electron chi connectivity index (χ2n) is 7.65. The maximum atomic E-state index is 12.1. The first-order valence-electron chi connectivity index (χ1n) is 9.44. The fourth-order valence-electron chi connectivity index (χ4n) is 3.89. The van der Waals surface area contributed by atoms with Crippen molar-refractivity contribution < 1.29 is 14.6 Å². The topological polar surface area (TPSA) is 35.5 Å².